The molecule has 1 saturated carbocycles. The summed E-state index contributed by atoms with van der Waals surface area (Å²) in [4.78, 5) is 0. The molecule has 0 saturated heterocycles. The fourth-order valence-corrected chi connectivity index (χ4v) is 1.55. The molecular formula is C9H16N4. The molecule has 0 aromatic carbocycles. The van der Waals surface area contributed by atoms with Crippen molar-refractivity contribution in [3.63, 3.8) is 0 Å². The minimum Gasteiger partial charge on any atom is -0.367 e. The highest BCUT2D eigenvalue weighted by Crippen LogP contribution is 2.27. The van der Waals surface area contributed by atoms with E-state index in [1.54, 1.807) is 0 Å². The van der Waals surface area contributed by atoms with Crippen LogP contribution in [0.3, 0.4) is 0 Å². The zero-order valence-electron chi connectivity index (χ0n) is 8.17. The summed E-state index contributed by atoms with van der Waals surface area (Å²) in [5.41, 5.74) is 7.85. The summed E-state index contributed by atoms with van der Waals surface area (Å²) in [5, 5.41) is 7.78. The van der Waals surface area contributed by atoms with Crippen LogP contribution in [-0.4, -0.2) is 15.8 Å². The molecule has 1 aliphatic carbocycles. The van der Waals surface area contributed by atoms with Gasteiger partial charge >= 0.3 is 0 Å². The SMILES string of the molecule is Cc1nn(C)c(NC2CC2)c1CN. The topological polar surface area (TPSA) is 55.9 Å². The summed E-state index contributed by atoms with van der Waals surface area (Å²) in [6.45, 7) is 2.56. The smallest absolute Gasteiger partial charge is 0.128 e. The monoisotopic (exact) mass is 180 g/mol. The fraction of sp³-hybridized carbons (Fsp3) is 0.667. The molecule has 13 heavy (non-hydrogen) atoms. The third-order valence-corrected chi connectivity index (χ3v) is 2.47. The van der Waals surface area contributed by atoms with E-state index in [1.807, 2.05) is 18.7 Å². The molecule has 3 N–H and O–H groups in total. The molecule has 1 fully saturated rings. The Balaban J connectivity index is 2.28. The minimum absolute atomic E-state index is 0.564. The van der Waals surface area contributed by atoms with Crippen LogP contribution >= 0.6 is 0 Å². The highest BCUT2D eigenvalue weighted by Gasteiger charge is 2.24. The van der Waals surface area contributed by atoms with E-state index in [2.05, 4.69) is 10.4 Å². The second-order valence-corrected chi connectivity index (χ2v) is 3.66. The van der Waals surface area contributed by atoms with Crippen LogP contribution in [0, 0.1) is 6.92 Å². The Kier molecular flexibility index (Phi) is 2.00. The third-order valence-electron chi connectivity index (χ3n) is 2.47. The summed E-state index contributed by atoms with van der Waals surface area (Å²) >= 11 is 0. The Morgan fingerprint density at radius 2 is 2.31 bits per heavy atom. The molecule has 2 rings (SSSR count). The summed E-state index contributed by atoms with van der Waals surface area (Å²) in [6.07, 6.45) is 2.54. The lowest BCUT2D eigenvalue weighted by atomic mass is 10.2. The maximum atomic E-state index is 5.67. The highest BCUT2D eigenvalue weighted by molar-refractivity contribution is 5.48. The minimum atomic E-state index is 0.564. The molecule has 0 radical (unpaired) electrons. The molecule has 1 aliphatic rings. The lowest BCUT2D eigenvalue weighted by Crippen LogP contribution is -2.09. The Bertz CT molecular complexity index is 312. The maximum absolute atomic E-state index is 5.67. The van der Waals surface area contributed by atoms with Crippen LogP contribution in [0.2, 0.25) is 0 Å². The molecule has 4 nitrogen and oxygen atoms in total. The van der Waals surface area contributed by atoms with Gasteiger partial charge in [0.25, 0.3) is 0 Å². The van der Waals surface area contributed by atoms with E-state index in [-0.39, 0.29) is 0 Å². The molecule has 1 aromatic rings. The molecular weight excluding hydrogens is 164 g/mol. The zero-order chi connectivity index (χ0) is 9.42. The Morgan fingerprint density at radius 1 is 1.62 bits per heavy atom. The molecule has 0 spiro atoms. The number of nitrogens with zero attached hydrogens (tertiary/aromatic N) is 2. The van der Waals surface area contributed by atoms with Gasteiger partial charge in [-0.05, 0) is 19.8 Å². The second-order valence-electron chi connectivity index (χ2n) is 3.66. The Morgan fingerprint density at radius 3 is 2.85 bits per heavy atom. The highest BCUT2D eigenvalue weighted by atomic mass is 15.3. The van der Waals surface area contributed by atoms with Gasteiger partial charge in [-0.3, -0.25) is 4.68 Å². The first-order valence-corrected chi connectivity index (χ1v) is 4.71. The molecule has 4 heteroatoms. The number of nitrogens with one attached hydrogen (secondary N) is 1. The molecule has 0 bridgehead atoms. The molecule has 1 aromatic heterocycles. The van der Waals surface area contributed by atoms with E-state index < -0.39 is 0 Å². The van der Waals surface area contributed by atoms with Crippen molar-refractivity contribution >= 4 is 5.82 Å². The molecule has 72 valence electrons. The van der Waals surface area contributed by atoms with Crippen molar-refractivity contribution in [3.8, 4) is 0 Å². The predicted octanol–water partition coefficient (Wildman–Crippen LogP) is 0.762. The largest absolute Gasteiger partial charge is 0.367 e. The van der Waals surface area contributed by atoms with Crippen LogP contribution in [0.25, 0.3) is 0 Å². The number of rotatable bonds is 3. The van der Waals surface area contributed by atoms with Crippen LogP contribution in [0.1, 0.15) is 24.1 Å². The molecule has 0 amide bonds. The second kappa shape index (κ2) is 3.03. The van der Waals surface area contributed by atoms with Crippen molar-refractivity contribution in [1.29, 1.82) is 0 Å². The van der Waals surface area contributed by atoms with E-state index in [9.17, 15) is 0 Å². The number of anilines is 1. The van der Waals surface area contributed by atoms with E-state index in [1.165, 1.54) is 12.8 Å². The van der Waals surface area contributed by atoms with E-state index in [0.717, 1.165) is 17.1 Å². The zero-order valence-corrected chi connectivity index (χ0v) is 8.17. The van der Waals surface area contributed by atoms with Gasteiger partial charge in [0.2, 0.25) is 0 Å². The van der Waals surface area contributed by atoms with Crippen molar-refractivity contribution in [2.45, 2.75) is 32.4 Å². The average molecular weight is 180 g/mol. The van der Waals surface area contributed by atoms with Gasteiger partial charge in [0.1, 0.15) is 5.82 Å². The fourth-order valence-electron chi connectivity index (χ4n) is 1.55. The number of aryl methyl sites for hydroxylation is 2. The van der Waals surface area contributed by atoms with Gasteiger partial charge in [-0.1, -0.05) is 0 Å². The lowest BCUT2D eigenvalue weighted by molar-refractivity contribution is 0.757. The van der Waals surface area contributed by atoms with Gasteiger partial charge in [0.15, 0.2) is 0 Å². The number of hydrogen-bond donors (Lipinski definition) is 2. The van der Waals surface area contributed by atoms with Crippen LogP contribution in [0.4, 0.5) is 5.82 Å². The lowest BCUT2D eigenvalue weighted by Gasteiger charge is -2.06. The summed E-state index contributed by atoms with van der Waals surface area (Å²) < 4.78 is 1.88. The van der Waals surface area contributed by atoms with Gasteiger partial charge < -0.3 is 11.1 Å². The number of nitrogens with two attached hydrogens (primary N) is 1. The third kappa shape index (κ3) is 1.54. The van der Waals surface area contributed by atoms with Crippen LogP contribution in [0.15, 0.2) is 0 Å². The van der Waals surface area contributed by atoms with E-state index >= 15 is 0 Å². The van der Waals surface area contributed by atoms with Crippen molar-refractivity contribution in [2.24, 2.45) is 12.8 Å². The Labute approximate surface area is 78.1 Å². The first kappa shape index (κ1) is 8.56. The van der Waals surface area contributed by atoms with Gasteiger partial charge in [-0.15, -0.1) is 0 Å². The molecule has 0 atom stereocenters. The molecule has 1 heterocycles. The first-order chi connectivity index (χ1) is 6.22. The van der Waals surface area contributed by atoms with Crippen LogP contribution in [-0.2, 0) is 13.6 Å². The summed E-state index contributed by atoms with van der Waals surface area (Å²) in [6, 6.07) is 0.653. The number of aromatic nitrogens is 2. The van der Waals surface area contributed by atoms with E-state index in [0.29, 0.717) is 12.6 Å². The standard InChI is InChI=1S/C9H16N4/c1-6-8(5-10)9(13(2)12-6)11-7-3-4-7/h7,11H,3-5,10H2,1-2H3. The van der Waals surface area contributed by atoms with Gasteiger partial charge in [0.05, 0.1) is 5.69 Å². The van der Waals surface area contributed by atoms with Crippen molar-refractivity contribution < 1.29 is 0 Å². The quantitative estimate of drug-likeness (QED) is 0.722. The Hall–Kier alpha value is -1.03. The van der Waals surface area contributed by atoms with Crippen molar-refractivity contribution in [3.05, 3.63) is 11.3 Å². The first-order valence-electron chi connectivity index (χ1n) is 4.71. The molecule has 0 unspecified atom stereocenters. The van der Waals surface area contributed by atoms with Crippen molar-refractivity contribution in [1.82, 2.24) is 9.78 Å². The molecule has 0 aliphatic heterocycles. The maximum Gasteiger partial charge on any atom is 0.128 e. The number of hydrogen-bond acceptors (Lipinski definition) is 3. The summed E-state index contributed by atoms with van der Waals surface area (Å²) in [5.74, 6) is 1.10. The van der Waals surface area contributed by atoms with Gasteiger partial charge in [0, 0.05) is 25.2 Å². The van der Waals surface area contributed by atoms with Gasteiger partial charge in [-0.2, -0.15) is 5.10 Å². The average Bonchev–Trinajstić information content (AvgIpc) is 2.82. The predicted molar refractivity (Wildman–Crippen MR) is 52.5 cm³/mol. The van der Waals surface area contributed by atoms with Crippen LogP contribution in [0.5, 0.6) is 0 Å². The van der Waals surface area contributed by atoms with Crippen LogP contribution < -0.4 is 11.1 Å². The summed E-state index contributed by atoms with van der Waals surface area (Å²) in [7, 11) is 1.96. The van der Waals surface area contributed by atoms with Crippen molar-refractivity contribution in [2.75, 3.05) is 5.32 Å². The normalized spacial score (nSPS) is 16.2. The van der Waals surface area contributed by atoms with E-state index in [4.69, 9.17) is 5.73 Å². The van der Waals surface area contributed by atoms with Gasteiger partial charge in [-0.25, -0.2) is 0 Å².